The van der Waals surface area contributed by atoms with Crippen molar-refractivity contribution >= 4 is 11.0 Å². The fourth-order valence-electron chi connectivity index (χ4n) is 2.46. The van der Waals surface area contributed by atoms with Crippen LogP contribution in [-0.4, -0.2) is 28.8 Å². The minimum absolute atomic E-state index is 0.0221. The van der Waals surface area contributed by atoms with Gasteiger partial charge in [0.05, 0.1) is 36.0 Å². The largest absolute Gasteiger partial charge is 0.379 e. The third-order valence-electron chi connectivity index (χ3n) is 3.89. The van der Waals surface area contributed by atoms with E-state index in [0.29, 0.717) is 13.2 Å². The number of aromatic nitrogens is 2. The molecule has 1 fully saturated rings. The number of aryl methyl sites for hydroxylation is 1. The Hall–Kier alpha value is -1.39. The minimum atomic E-state index is -0.0221. The van der Waals surface area contributed by atoms with E-state index >= 15 is 0 Å². The summed E-state index contributed by atoms with van der Waals surface area (Å²) in [5, 5.41) is 0. The molecule has 0 bridgehead atoms. The van der Waals surface area contributed by atoms with Gasteiger partial charge in [-0.1, -0.05) is 6.07 Å². The maximum Gasteiger partial charge on any atom is 0.0955 e. The number of benzene rings is 1. The second-order valence-corrected chi connectivity index (χ2v) is 5.00. The van der Waals surface area contributed by atoms with Gasteiger partial charge in [0.2, 0.25) is 0 Å². The molecule has 3 rings (SSSR count). The number of hydrogen-bond acceptors (Lipinski definition) is 3. The normalized spacial score (nSPS) is 20.2. The highest BCUT2D eigenvalue weighted by Crippen LogP contribution is 2.36. The quantitative estimate of drug-likeness (QED) is 0.844. The Balaban J connectivity index is 2.11. The Kier molecular flexibility index (Phi) is 2.24. The first kappa shape index (κ1) is 10.7. The molecule has 0 saturated carbocycles. The van der Waals surface area contributed by atoms with Gasteiger partial charge in [-0.25, -0.2) is 4.98 Å². The first-order valence-electron chi connectivity index (χ1n) is 5.88. The zero-order valence-electron chi connectivity index (χ0n) is 10.2. The molecule has 4 heteroatoms. The van der Waals surface area contributed by atoms with Crippen molar-refractivity contribution in [3.05, 3.63) is 30.1 Å². The molecule has 1 aromatic heterocycles. The maximum absolute atomic E-state index is 6.11. The van der Waals surface area contributed by atoms with Crippen LogP contribution in [0.1, 0.15) is 12.5 Å². The van der Waals surface area contributed by atoms with E-state index < -0.39 is 0 Å². The van der Waals surface area contributed by atoms with Gasteiger partial charge < -0.3 is 15.0 Å². The summed E-state index contributed by atoms with van der Waals surface area (Å²) >= 11 is 0. The third-order valence-corrected chi connectivity index (χ3v) is 3.89. The van der Waals surface area contributed by atoms with Crippen molar-refractivity contribution in [2.45, 2.75) is 18.4 Å². The lowest BCUT2D eigenvalue weighted by atomic mass is 9.73. The predicted octanol–water partition coefficient (Wildman–Crippen LogP) is 1.19. The maximum atomic E-state index is 6.11. The van der Waals surface area contributed by atoms with Crippen LogP contribution < -0.4 is 5.73 Å². The van der Waals surface area contributed by atoms with E-state index in [4.69, 9.17) is 10.5 Å². The van der Waals surface area contributed by atoms with E-state index in [-0.39, 0.29) is 11.5 Å². The summed E-state index contributed by atoms with van der Waals surface area (Å²) < 4.78 is 7.39. The number of rotatable bonds is 2. The average Bonchev–Trinajstić information content (AvgIpc) is 2.58. The molecule has 1 unspecified atom stereocenters. The van der Waals surface area contributed by atoms with Gasteiger partial charge in [-0.2, -0.15) is 0 Å². The van der Waals surface area contributed by atoms with Gasteiger partial charge in [-0.3, -0.25) is 0 Å². The number of nitrogens with two attached hydrogens (primary N) is 1. The smallest absolute Gasteiger partial charge is 0.0955 e. The van der Waals surface area contributed by atoms with Gasteiger partial charge in [0.25, 0.3) is 0 Å². The zero-order valence-corrected chi connectivity index (χ0v) is 10.2. The Morgan fingerprint density at radius 3 is 2.82 bits per heavy atom. The van der Waals surface area contributed by atoms with Crippen LogP contribution in [0.4, 0.5) is 0 Å². The van der Waals surface area contributed by atoms with Crippen LogP contribution in [0.2, 0.25) is 0 Å². The molecular weight excluding hydrogens is 214 g/mol. The van der Waals surface area contributed by atoms with E-state index in [1.165, 1.54) is 5.56 Å². The standard InChI is InChI=1S/C13H17N3O/c1-9(14)13(6-17-7-13)10-3-4-12-11(5-10)15-8-16(12)2/h3-5,8-9H,6-7,14H2,1-2H3. The minimum Gasteiger partial charge on any atom is -0.379 e. The molecule has 90 valence electrons. The Bertz CT molecular complexity index is 555. The molecule has 0 amide bonds. The number of hydrogen-bond donors (Lipinski definition) is 1. The molecule has 1 aliphatic rings. The van der Waals surface area contributed by atoms with Crippen LogP contribution in [0.25, 0.3) is 11.0 Å². The number of imidazole rings is 1. The summed E-state index contributed by atoms with van der Waals surface area (Å²) in [4.78, 5) is 4.39. The first-order valence-corrected chi connectivity index (χ1v) is 5.88. The molecule has 2 heterocycles. The highest BCUT2D eigenvalue weighted by molar-refractivity contribution is 5.76. The summed E-state index contributed by atoms with van der Waals surface area (Å²) in [7, 11) is 2.00. The lowest BCUT2D eigenvalue weighted by Gasteiger charge is -2.45. The Morgan fingerprint density at radius 2 is 2.24 bits per heavy atom. The third kappa shape index (κ3) is 1.41. The van der Waals surface area contributed by atoms with Gasteiger partial charge in [-0.15, -0.1) is 0 Å². The number of ether oxygens (including phenoxy) is 1. The van der Waals surface area contributed by atoms with E-state index in [0.717, 1.165) is 11.0 Å². The molecule has 2 aromatic rings. The van der Waals surface area contributed by atoms with Crippen LogP contribution in [0.3, 0.4) is 0 Å². The van der Waals surface area contributed by atoms with Gasteiger partial charge in [0.15, 0.2) is 0 Å². The van der Waals surface area contributed by atoms with E-state index in [9.17, 15) is 0 Å². The van der Waals surface area contributed by atoms with Crippen LogP contribution in [0.15, 0.2) is 24.5 Å². The van der Waals surface area contributed by atoms with Crippen molar-refractivity contribution in [1.29, 1.82) is 0 Å². The highest BCUT2D eigenvalue weighted by Gasteiger charge is 2.43. The van der Waals surface area contributed by atoms with Crippen molar-refractivity contribution in [2.24, 2.45) is 12.8 Å². The lowest BCUT2D eigenvalue weighted by Crippen LogP contribution is -2.57. The van der Waals surface area contributed by atoms with Crippen LogP contribution in [-0.2, 0) is 17.2 Å². The molecule has 17 heavy (non-hydrogen) atoms. The number of fused-ring (bicyclic) bond motifs is 1. The van der Waals surface area contributed by atoms with E-state index in [1.54, 1.807) is 0 Å². The molecule has 1 atom stereocenters. The van der Waals surface area contributed by atoms with Gasteiger partial charge in [0.1, 0.15) is 0 Å². The Morgan fingerprint density at radius 1 is 1.47 bits per heavy atom. The Labute approximate surface area is 100 Å². The van der Waals surface area contributed by atoms with Gasteiger partial charge in [0, 0.05) is 13.1 Å². The molecule has 0 spiro atoms. The highest BCUT2D eigenvalue weighted by atomic mass is 16.5. The summed E-state index contributed by atoms with van der Waals surface area (Å²) in [5.41, 5.74) is 9.50. The van der Waals surface area contributed by atoms with E-state index in [2.05, 4.69) is 23.2 Å². The first-order chi connectivity index (χ1) is 8.13. The lowest BCUT2D eigenvalue weighted by molar-refractivity contribution is -0.0701. The number of nitrogens with zero attached hydrogens (tertiary/aromatic N) is 2. The molecule has 0 radical (unpaired) electrons. The van der Waals surface area contributed by atoms with Crippen LogP contribution in [0.5, 0.6) is 0 Å². The molecule has 1 aromatic carbocycles. The fraction of sp³-hybridized carbons (Fsp3) is 0.462. The van der Waals surface area contributed by atoms with Crippen molar-refractivity contribution in [1.82, 2.24) is 9.55 Å². The monoisotopic (exact) mass is 231 g/mol. The van der Waals surface area contributed by atoms with Crippen molar-refractivity contribution in [2.75, 3.05) is 13.2 Å². The molecule has 0 aliphatic carbocycles. The summed E-state index contributed by atoms with van der Waals surface area (Å²) in [6.45, 7) is 3.47. The molecule has 4 nitrogen and oxygen atoms in total. The van der Waals surface area contributed by atoms with Crippen molar-refractivity contribution < 1.29 is 4.74 Å². The van der Waals surface area contributed by atoms with Crippen molar-refractivity contribution in [3.63, 3.8) is 0 Å². The fourth-order valence-corrected chi connectivity index (χ4v) is 2.46. The summed E-state index contributed by atoms with van der Waals surface area (Å²) in [6, 6.07) is 6.49. The molecular formula is C13H17N3O. The van der Waals surface area contributed by atoms with E-state index in [1.807, 2.05) is 24.9 Å². The van der Waals surface area contributed by atoms with Crippen LogP contribution in [0, 0.1) is 0 Å². The van der Waals surface area contributed by atoms with Crippen LogP contribution >= 0.6 is 0 Å². The molecule has 1 saturated heterocycles. The second-order valence-electron chi connectivity index (χ2n) is 5.00. The molecule has 2 N–H and O–H groups in total. The second kappa shape index (κ2) is 3.55. The molecule has 1 aliphatic heterocycles. The van der Waals surface area contributed by atoms with Gasteiger partial charge >= 0.3 is 0 Å². The predicted molar refractivity (Wildman–Crippen MR) is 66.9 cm³/mol. The SMILES string of the molecule is CC(N)C1(c2ccc3c(c2)ncn3C)COC1. The van der Waals surface area contributed by atoms with Gasteiger partial charge in [-0.05, 0) is 24.6 Å². The topological polar surface area (TPSA) is 53.1 Å². The zero-order chi connectivity index (χ0) is 12.0. The average molecular weight is 231 g/mol. The van der Waals surface area contributed by atoms with Crippen molar-refractivity contribution in [3.8, 4) is 0 Å². The summed E-state index contributed by atoms with van der Waals surface area (Å²) in [5.74, 6) is 0. The summed E-state index contributed by atoms with van der Waals surface area (Å²) in [6.07, 6.45) is 1.84.